The summed E-state index contributed by atoms with van der Waals surface area (Å²) in [6, 6.07) is 6.19. The summed E-state index contributed by atoms with van der Waals surface area (Å²) in [5, 5.41) is 0.705. The van der Waals surface area contributed by atoms with Crippen molar-refractivity contribution >= 4 is 10.9 Å². The van der Waals surface area contributed by atoms with Gasteiger partial charge in [0.2, 0.25) is 0 Å². The van der Waals surface area contributed by atoms with Crippen molar-refractivity contribution in [2.24, 2.45) is 11.7 Å². The van der Waals surface area contributed by atoms with Gasteiger partial charge in [-0.2, -0.15) is 0 Å². The summed E-state index contributed by atoms with van der Waals surface area (Å²) in [7, 11) is 1.43. The van der Waals surface area contributed by atoms with Gasteiger partial charge in [-0.05, 0) is 43.9 Å². The van der Waals surface area contributed by atoms with Gasteiger partial charge >= 0.3 is 0 Å². The van der Waals surface area contributed by atoms with Gasteiger partial charge < -0.3 is 19.9 Å². The summed E-state index contributed by atoms with van der Waals surface area (Å²) in [5.41, 5.74) is 7.03. The van der Waals surface area contributed by atoms with E-state index in [1.54, 1.807) is 16.7 Å². The lowest BCUT2D eigenvalue weighted by Gasteiger charge is -2.20. The zero-order valence-corrected chi connectivity index (χ0v) is 14.5. The summed E-state index contributed by atoms with van der Waals surface area (Å²) >= 11 is 0. The zero-order chi connectivity index (χ0) is 17.6. The van der Waals surface area contributed by atoms with Gasteiger partial charge in [0.05, 0.1) is 12.6 Å². The molecule has 25 heavy (non-hydrogen) atoms. The van der Waals surface area contributed by atoms with Crippen molar-refractivity contribution in [1.82, 2.24) is 9.47 Å². The molecular formula is C19H24FN3O2. The Morgan fingerprint density at radius 2 is 2.12 bits per heavy atom. The quantitative estimate of drug-likeness (QED) is 0.900. The number of halogens is 1. The summed E-state index contributed by atoms with van der Waals surface area (Å²) in [6.07, 6.45) is 3.42. The van der Waals surface area contributed by atoms with E-state index in [4.69, 9.17) is 10.5 Å². The van der Waals surface area contributed by atoms with E-state index in [1.807, 2.05) is 0 Å². The molecule has 0 spiro atoms. The highest BCUT2D eigenvalue weighted by Gasteiger charge is 2.47. The maximum Gasteiger partial charge on any atom is 0.251 e. The molecule has 1 unspecified atom stereocenters. The number of nitrogens with two attached hydrogens (primary N) is 1. The zero-order valence-electron chi connectivity index (χ0n) is 14.5. The highest BCUT2D eigenvalue weighted by Crippen LogP contribution is 2.43. The van der Waals surface area contributed by atoms with Crippen LogP contribution in [0, 0.1) is 11.7 Å². The predicted octanol–water partition coefficient (Wildman–Crippen LogP) is 1.96. The lowest BCUT2D eigenvalue weighted by Crippen LogP contribution is -2.35. The van der Waals surface area contributed by atoms with Crippen LogP contribution in [0.2, 0.25) is 0 Å². The van der Waals surface area contributed by atoms with Crippen LogP contribution in [0.15, 0.2) is 29.1 Å². The van der Waals surface area contributed by atoms with Gasteiger partial charge in [-0.15, -0.1) is 0 Å². The number of pyridine rings is 1. The number of methoxy groups -OCH3 is 1. The van der Waals surface area contributed by atoms with Crippen molar-refractivity contribution in [2.75, 3.05) is 26.7 Å². The van der Waals surface area contributed by atoms with Crippen LogP contribution >= 0.6 is 0 Å². The van der Waals surface area contributed by atoms with E-state index < -0.39 is 5.82 Å². The molecular weight excluding hydrogens is 321 g/mol. The van der Waals surface area contributed by atoms with Crippen LogP contribution < -0.4 is 16.0 Å². The Hall–Kier alpha value is -1.92. The minimum atomic E-state index is -0.416. The van der Waals surface area contributed by atoms with Gasteiger partial charge in [0.1, 0.15) is 0 Å². The Kier molecular flexibility index (Phi) is 4.04. The molecule has 0 bridgehead atoms. The average Bonchev–Trinajstić information content (AvgIpc) is 3.16. The summed E-state index contributed by atoms with van der Waals surface area (Å²) in [4.78, 5) is 14.7. The molecule has 1 saturated carbocycles. The number of hydrogen-bond acceptors (Lipinski definition) is 4. The molecule has 0 radical (unpaired) electrons. The second-order valence-corrected chi connectivity index (χ2v) is 7.39. The monoisotopic (exact) mass is 345 g/mol. The smallest absolute Gasteiger partial charge is 0.251 e. The lowest BCUT2D eigenvalue weighted by molar-refractivity contribution is 0.296. The first-order valence-electron chi connectivity index (χ1n) is 8.88. The topological polar surface area (TPSA) is 60.5 Å². The van der Waals surface area contributed by atoms with E-state index in [9.17, 15) is 9.18 Å². The lowest BCUT2D eigenvalue weighted by atomic mass is 9.98. The third kappa shape index (κ3) is 3.04. The number of fused-ring (bicyclic) bond motifs is 1. The minimum absolute atomic E-state index is 0.0654. The Labute approximate surface area is 146 Å². The van der Waals surface area contributed by atoms with Crippen LogP contribution in [0.3, 0.4) is 0 Å². The molecule has 4 rings (SSSR count). The normalized spacial score (nSPS) is 22.4. The molecule has 1 aromatic carbocycles. The van der Waals surface area contributed by atoms with E-state index >= 15 is 0 Å². The Morgan fingerprint density at radius 3 is 2.84 bits per heavy atom. The van der Waals surface area contributed by atoms with Gasteiger partial charge in [-0.25, -0.2) is 4.39 Å². The fraction of sp³-hybridized carbons (Fsp3) is 0.526. The maximum absolute atomic E-state index is 13.9. The summed E-state index contributed by atoms with van der Waals surface area (Å²) in [6.45, 7) is 3.41. The molecule has 134 valence electrons. The SMILES string of the molecule is COc1cc2c(ccc(=O)n2CCN2CCC(C3(N)CC3)C2)cc1F. The van der Waals surface area contributed by atoms with Gasteiger partial charge in [0.25, 0.3) is 5.56 Å². The standard InChI is InChI=1S/C19H24FN3O2/c1-25-17-11-16-13(10-15(17)20)2-3-18(24)23(16)9-8-22-7-4-14(12-22)19(21)5-6-19/h2-3,10-11,14H,4-9,12,21H2,1H3. The first kappa shape index (κ1) is 16.5. The number of ether oxygens (including phenoxy) is 1. The molecule has 5 nitrogen and oxygen atoms in total. The van der Waals surface area contributed by atoms with Gasteiger partial charge in [-0.1, -0.05) is 0 Å². The molecule has 0 amide bonds. The molecule has 2 aromatic rings. The van der Waals surface area contributed by atoms with Crippen molar-refractivity contribution < 1.29 is 9.13 Å². The van der Waals surface area contributed by atoms with Crippen molar-refractivity contribution in [3.8, 4) is 5.75 Å². The number of benzene rings is 1. The van der Waals surface area contributed by atoms with Crippen LogP contribution in [0.1, 0.15) is 19.3 Å². The molecule has 2 heterocycles. The van der Waals surface area contributed by atoms with E-state index in [0.717, 1.165) is 38.9 Å². The molecule has 1 aliphatic heterocycles. The highest BCUT2D eigenvalue weighted by atomic mass is 19.1. The summed E-state index contributed by atoms with van der Waals surface area (Å²) < 4.78 is 20.7. The maximum atomic E-state index is 13.9. The first-order chi connectivity index (χ1) is 12.0. The largest absolute Gasteiger partial charge is 0.494 e. The number of likely N-dealkylation sites (tertiary alicyclic amines) is 1. The number of rotatable bonds is 5. The Bertz CT molecular complexity index is 860. The Balaban J connectivity index is 1.55. The van der Waals surface area contributed by atoms with Crippen molar-refractivity contribution in [3.63, 3.8) is 0 Å². The van der Waals surface area contributed by atoms with Gasteiger partial charge in [0.15, 0.2) is 11.6 Å². The van der Waals surface area contributed by atoms with Crippen molar-refractivity contribution in [2.45, 2.75) is 31.3 Å². The van der Waals surface area contributed by atoms with E-state index in [0.29, 0.717) is 23.4 Å². The van der Waals surface area contributed by atoms with Crippen LogP contribution in [0.25, 0.3) is 10.9 Å². The van der Waals surface area contributed by atoms with E-state index in [1.165, 1.54) is 19.2 Å². The van der Waals surface area contributed by atoms with Crippen molar-refractivity contribution in [3.05, 3.63) is 40.4 Å². The molecule has 2 fully saturated rings. The van der Waals surface area contributed by atoms with Gasteiger partial charge in [0, 0.05) is 42.7 Å². The van der Waals surface area contributed by atoms with Crippen LogP contribution in [-0.2, 0) is 6.54 Å². The summed E-state index contributed by atoms with van der Waals surface area (Å²) in [5.74, 6) is 0.318. The molecule has 1 aromatic heterocycles. The molecule has 6 heteroatoms. The third-order valence-corrected chi connectivity index (χ3v) is 5.82. The first-order valence-corrected chi connectivity index (χ1v) is 8.88. The molecule has 1 saturated heterocycles. The second-order valence-electron chi connectivity index (χ2n) is 7.39. The number of aromatic nitrogens is 1. The van der Waals surface area contributed by atoms with Crippen molar-refractivity contribution in [1.29, 1.82) is 0 Å². The number of hydrogen-bond donors (Lipinski definition) is 1. The van der Waals surface area contributed by atoms with Crippen LogP contribution in [-0.4, -0.2) is 41.8 Å². The molecule has 2 N–H and O–H groups in total. The predicted molar refractivity (Wildman–Crippen MR) is 95.4 cm³/mol. The van der Waals surface area contributed by atoms with E-state index in [2.05, 4.69) is 4.90 Å². The molecule has 1 aliphatic carbocycles. The minimum Gasteiger partial charge on any atom is -0.494 e. The highest BCUT2D eigenvalue weighted by molar-refractivity contribution is 5.80. The third-order valence-electron chi connectivity index (χ3n) is 5.82. The Morgan fingerprint density at radius 1 is 1.32 bits per heavy atom. The second kappa shape index (κ2) is 6.11. The van der Waals surface area contributed by atoms with Gasteiger partial charge in [-0.3, -0.25) is 4.79 Å². The number of nitrogens with zero attached hydrogens (tertiary/aromatic N) is 2. The fourth-order valence-electron chi connectivity index (χ4n) is 3.98. The van der Waals surface area contributed by atoms with Crippen LogP contribution in [0.5, 0.6) is 5.75 Å². The molecule has 2 aliphatic rings. The molecule has 1 atom stereocenters. The van der Waals surface area contributed by atoms with E-state index in [-0.39, 0.29) is 16.8 Å². The fourth-order valence-corrected chi connectivity index (χ4v) is 3.98. The van der Waals surface area contributed by atoms with Crippen LogP contribution in [0.4, 0.5) is 4.39 Å². The average molecular weight is 345 g/mol.